The number of piperazine rings is 1. The van der Waals surface area contributed by atoms with Crippen molar-refractivity contribution in [3.05, 3.63) is 83.9 Å². The lowest BCUT2D eigenvalue weighted by molar-refractivity contribution is -0.159. The molecular formula is C25H26N2O5. The summed E-state index contributed by atoms with van der Waals surface area (Å²) < 4.78 is 0. The molecule has 1 aliphatic heterocycles. The molecule has 2 N–H and O–H groups in total. The predicted octanol–water partition coefficient (Wildman–Crippen LogP) is 2.88. The molecule has 1 saturated heterocycles. The Morgan fingerprint density at radius 1 is 0.719 bits per heavy atom. The molecular weight excluding hydrogens is 408 g/mol. The molecule has 0 unspecified atom stereocenters. The second kappa shape index (κ2) is 11.1. The fourth-order valence-corrected chi connectivity index (χ4v) is 3.71. The van der Waals surface area contributed by atoms with Crippen molar-refractivity contribution in [3.8, 4) is 0 Å². The minimum atomic E-state index is -1.82. The zero-order valence-electron chi connectivity index (χ0n) is 17.7. The van der Waals surface area contributed by atoms with Crippen LogP contribution in [0.3, 0.4) is 0 Å². The van der Waals surface area contributed by atoms with Gasteiger partial charge >= 0.3 is 11.9 Å². The average Bonchev–Trinajstić information content (AvgIpc) is 2.81. The van der Waals surface area contributed by atoms with Gasteiger partial charge in [0.2, 0.25) is 5.91 Å². The van der Waals surface area contributed by atoms with Crippen molar-refractivity contribution in [2.75, 3.05) is 26.2 Å². The third kappa shape index (κ3) is 6.39. The summed E-state index contributed by atoms with van der Waals surface area (Å²) in [5, 5.41) is 17.4. The van der Waals surface area contributed by atoms with Gasteiger partial charge in [0.25, 0.3) is 0 Å². The highest BCUT2D eigenvalue weighted by atomic mass is 16.4. The van der Waals surface area contributed by atoms with Gasteiger partial charge in [0.15, 0.2) is 0 Å². The normalized spacial score (nSPS) is 13.8. The molecule has 166 valence electrons. The van der Waals surface area contributed by atoms with E-state index in [1.165, 1.54) is 16.3 Å². The van der Waals surface area contributed by atoms with Crippen LogP contribution < -0.4 is 0 Å². The average molecular weight is 434 g/mol. The van der Waals surface area contributed by atoms with Crippen molar-refractivity contribution < 1.29 is 24.6 Å². The lowest BCUT2D eigenvalue weighted by Gasteiger charge is -2.35. The number of benzene rings is 3. The van der Waals surface area contributed by atoms with Gasteiger partial charge in [-0.3, -0.25) is 9.69 Å². The molecule has 3 aromatic carbocycles. The van der Waals surface area contributed by atoms with Gasteiger partial charge < -0.3 is 15.1 Å². The van der Waals surface area contributed by atoms with Crippen molar-refractivity contribution >= 4 is 28.6 Å². The highest BCUT2D eigenvalue weighted by Crippen LogP contribution is 2.20. The molecule has 1 aliphatic rings. The van der Waals surface area contributed by atoms with Gasteiger partial charge in [0.1, 0.15) is 0 Å². The van der Waals surface area contributed by atoms with Crippen molar-refractivity contribution in [2.45, 2.75) is 13.0 Å². The molecule has 1 heterocycles. The maximum absolute atomic E-state index is 12.5. The largest absolute Gasteiger partial charge is 0.473 e. The van der Waals surface area contributed by atoms with Crippen LogP contribution in [-0.4, -0.2) is 64.0 Å². The molecule has 0 atom stereocenters. The van der Waals surface area contributed by atoms with Crippen LogP contribution in [0, 0.1) is 0 Å². The quantitative estimate of drug-likeness (QED) is 0.613. The van der Waals surface area contributed by atoms with E-state index in [0.29, 0.717) is 6.42 Å². The third-order valence-electron chi connectivity index (χ3n) is 5.38. The van der Waals surface area contributed by atoms with Crippen LogP contribution in [0.15, 0.2) is 72.8 Å². The molecule has 1 amide bonds. The van der Waals surface area contributed by atoms with Crippen molar-refractivity contribution in [2.24, 2.45) is 0 Å². The van der Waals surface area contributed by atoms with Gasteiger partial charge in [-0.25, -0.2) is 9.59 Å². The van der Waals surface area contributed by atoms with Crippen LogP contribution in [-0.2, 0) is 27.3 Å². The second-order valence-corrected chi connectivity index (χ2v) is 7.57. The number of hydrogen-bond acceptors (Lipinski definition) is 4. The van der Waals surface area contributed by atoms with Gasteiger partial charge in [0.05, 0.1) is 6.42 Å². The van der Waals surface area contributed by atoms with Crippen LogP contribution in [0.25, 0.3) is 10.8 Å². The monoisotopic (exact) mass is 434 g/mol. The van der Waals surface area contributed by atoms with E-state index in [9.17, 15) is 4.79 Å². The number of carbonyl (C=O) groups is 3. The molecule has 0 aromatic heterocycles. The van der Waals surface area contributed by atoms with E-state index in [0.717, 1.165) is 38.3 Å². The summed E-state index contributed by atoms with van der Waals surface area (Å²) in [5.74, 6) is -3.41. The molecule has 4 rings (SSSR count). The SMILES string of the molecule is O=C(Cc1ccccc1)N1CCN(Cc2cccc3ccccc23)CC1.O=C(O)C(=O)O. The molecule has 0 aliphatic carbocycles. The summed E-state index contributed by atoms with van der Waals surface area (Å²) in [5.41, 5.74) is 2.46. The summed E-state index contributed by atoms with van der Waals surface area (Å²) >= 11 is 0. The van der Waals surface area contributed by atoms with Gasteiger partial charge in [-0.15, -0.1) is 0 Å². The number of hydrogen-bond donors (Lipinski definition) is 2. The van der Waals surface area contributed by atoms with Crippen molar-refractivity contribution in [3.63, 3.8) is 0 Å². The first-order valence-electron chi connectivity index (χ1n) is 10.4. The highest BCUT2D eigenvalue weighted by Gasteiger charge is 2.21. The molecule has 0 radical (unpaired) electrons. The first-order chi connectivity index (χ1) is 15.4. The number of nitrogens with zero attached hydrogens (tertiary/aromatic N) is 2. The van der Waals surface area contributed by atoms with Crippen LogP contribution in [0.1, 0.15) is 11.1 Å². The van der Waals surface area contributed by atoms with E-state index < -0.39 is 11.9 Å². The maximum Gasteiger partial charge on any atom is 0.414 e. The number of amides is 1. The topological polar surface area (TPSA) is 98.2 Å². The van der Waals surface area contributed by atoms with E-state index in [1.54, 1.807) is 0 Å². The Hall–Kier alpha value is -3.71. The lowest BCUT2D eigenvalue weighted by Crippen LogP contribution is -2.48. The van der Waals surface area contributed by atoms with E-state index in [-0.39, 0.29) is 5.91 Å². The number of rotatable bonds is 4. The summed E-state index contributed by atoms with van der Waals surface area (Å²) in [6.07, 6.45) is 0.504. The first-order valence-corrected chi connectivity index (χ1v) is 10.4. The minimum Gasteiger partial charge on any atom is -0.473 e. The molecule has 3 aromatic rings. The molecule has 0 saturated carbocycles. The number of carboxylic acid groups (broad SMARTS) is 2. The molecule has 0 spiro atoms. The van der Waals surface area contributed by atoms with E-state index in [4.69, 9.17) is 19.8 Å². The number of carboxylic acids is 2. The molecule has 32 heavy (non-hydrogen) atoms. The van der Waals surface area contributed by atoms with Gasteiger partial charge in [0, 0.05) is 32.7 Å². The number of fused-ring (bicyclic) bond motifs is 1. The van der Waals surface area contributed by atoms with Crippen LogP contribution in [0.2, 0.25) is 0 Å². The smallest absolute Gasteiger partial charge is 0.414 e. The molecule has 7 heteroatoms. The Balaban J connectivity index is 0.000000427. The van der Waals surface area contributed by atoms with Gasteiger partial charge in [-0.05, 0) is 21.9 Å². The summed E-state index contributed by atoms with van der Waals surface area (Å²) in [4.78, 5) is 35.2. The fraction of sp³-hybridized carbons (Fsp3) is 0.240. The second-order valence-electron chi connectivity index (χ2n) is 7.57. The van der Waals surface area contributed by atoms with Crippen molar-refractivity contribution in [1.29, 1.82) is 0 Å². The zero-order valence-corrected chi connectivity index (χ0v) is 17.7. The van der Waals surface area contributed by atoms with E-state index in [1.807, 2.05) is 35.2 Å². The van der Waals surface area contributed by atoms with Crippen LogP contribution >= 0.6 is 0 Å². The summed E-state index contributed by atoms with van der Waals surface area (Å²) in [6.45, 7) is 4.45. The maximum atomic E-state index is 12.5. The zero-order chi connectivity index (χ0) is 22.9. The molecule has 7 nitrogen and oxygen atoms in total. The van der Waals surface area contributed by atoms with Crippen molar-refractivity contribution in [1.82, 2.24) is 9.80 Å². The van der Waals surface area contributed by atoms with Crippen LogP contribution in [0.4, 0.5) is 0 Å². The van der Waals surface area contributed by atoms with Gasteiger partial charge in [-0.2, -0.15) is 0 Å². The number of aliphatic carboxylic acids is 2. The minimum absolute atomic E-state index is 0.237. The Morgan fingerprint density at radius 3 is 1.97 bits per heavy atom. The predicted molar refractivity (Wildman–Crippen MR) is 121 cm³/mol. The standard InChI is InChI=1S/C23H24N2O.C2H2O4/c26-23(17-19-7-2-1-3-8-19)25-15-13-24(14-16-25)18-21-11-6-10-20-9-4-5-12-22(20)21;3-1(4)2(5)6/h1-12H,13-18H2;(H,3,4)(H,5,6). The number of carbonyl (C=O) groups excluding carboxylic acids is 1. The Kier molecular flexibility index (Phi) is 7.94. The fourth-order valence-electron chi connectivity index (χ4n) is 3.71. The summed E-state index contributed by atoms with van der Waals surface area (Å²) in [6, 6.07) is 25.1. The van der Waals surface area contributed by atoms with Crippen LogP contribution in [0.5, 0.6) is 0 Å². The molecule has 0 bridgehead atoms. The van der Waals surface area contributed by atoms with E-state index >= 15 is 0 Å². The lowest BCUT2D eigenvalue weighted by atomic mass is 10.0. The Labute approximate surface area is 186 Å². The third-order valence-corrected chi connectivity index (χ3v) is 5.38. The summed E-state index contributed by atoms with van der Waals surface area (Å²) in [7, 11) is 0. The highest BCUT2D eigenvalue weighted by molar-refractivity contribution is 6.27. The van der Waals surface area contributed by atoms with Gasteiger partial charge in [-0.1, -0.05) is 72.8 Å². The molecule has 1 fully saturated rings. The first kappa shape index (κ1) is 23.0. The van der Waals surface area contributed by atoms with E-state index in [2.05, 4.69) is 47.4 Å². The Bertz CT molecular complexity index is 1060. The Morgan fingerprint density at radius 2 is 1.31 bits per heavy atom.